The number of carbonyl (C=O) groups is 2. The minimum Gasteiger partial charge on any atom is -0.317 e. The quantitative estimate of drug-likeness (QED) is 0.423. The lowest BCUT2D eigenvalue weighted by Crippen LogP contribution is -2.54. The zero-order valence-electron chi connectivity index (χ0n) is 14.5. The Morgan fingerprint density at radius 2 is 1.61 bits per heavy atom. The van der Waals surface area contributed by atoms with Crippen LogP contribution in [0.4, 0.5) is 10.1 Å². The molecule has 0 aliphatic carbocycles. The first-order valence-corrected chi connectivity index (χ1v) is 8.85. The molecule has 2 heterocycles. The standard InChI is InChI=1S/C21H14FN3O2S/c22-14-8-10-16(11-9-14)25-20(27)18(19(26)23-21(25)28)13-17-7-4-12-24(17)15-5-2-1-3-6-15/h1-13H,(H,23,26,28)/b18-13-. The van der Waals surface area contributed by atoms with E-state index < -0.39 is 17.6 Å². The molecule has 138 valence electrons. The van der Waals surface area contributed by atoms with Crippen LogP contribution in [0.2, 0.25) is 0 Å². The zero-order chi connectivity index (χ0) is 19.7. The van der Waals surface area contributed by atoms with E-state index in [0.717, 1.165) is 5.69 Å². The van der Waals surface area contributed by atoms with E-state index in [4.69, 9.17) is 12.2 Å². The first-order valence-electron chi connectivity index (χ1n) is 8.44. The molecule has 2 amide bonds. The molecule has 1 fully saturated rings. The number of benzene rings is 2. The highest BCUT2D eigenvalue weighted by molar-refractivity contribution is 7.80. The maximum absolute atomic E-state index is 13.2. The van der Waals surface area contributed by atoms with E-state index in [1.54, 1.807) is 6.07 Å². The van der Waals surface area contributed by atoms with Gasteiger partial charge >= 0.3 is 0 Å². The molecule has 0 bridgehead atoms. The van der Waals surface area contributed by atoms with Crippen LogP contribution in [-0.4, -0.2) is 21.5 Å². The number of nitrogens with zero attached hydrogens (tertiary/aromatic N) is 2. The minimum absolute atomic E-state index is 0.0443. The van der Waals surface area contributed by atoms with Gasteiger partial charge in [0.25, 0.3) is 11.8 Å². The smallest absolute Gasteiger partial charge is 0.270 e. The minimum atomic E-state index is -0.575. The second kappa shape index (κ2) is 7.21. The molecule has 1 saturated heterocycles. The summed E-state index contributed by atoms with van der Waals surface area (Å²) in [4.78, 5) is 26.6. The topological polar surface area (TPSA) is 54.3 Å². The highest BCUT2D eigenvalue weighted by Gasteiger charge is 2.34. The van der Waals surface area contributed by atoms with Gasteiger partial charge in [-0.2, -0.15) is 0 Å². The third-order valence-electron chi connectivity index (χ3n) is 4.29. The molecule has 2 aromatic carbocycles. The summed E-state index contributed by atoms with van der Waals surface area (Å²) in [6.07, 6.45) is 3.36. The van der Waals surface area contributed by atoms with E-state index in [9.17, 15) is 14.0 Å². The number of hydrogen-bond donors (Lipinski definition) is 1. The number of rotatable bonds is 3. The number of thiocarbonyl (C=S) groups is 1. The van der Waals surface area contributed by atoms with Gasteiger partial charge < -0.3 is 4.57 Å². The average Bonchev–Trinajstić information content (AvgIpc) is 3.15. The second-order valence-electron chi connectivity index (χ2n) is 6.07. The van der Waals surface area contributed by atoms with E-state index in [1.165, 1.54) is 35.2 Å². The average molecular weight is 391 g/mol. The van der Waals surface area contributed by atoms with Gasteiger partial charge in [0.2, 0.25) is 0 Å². The number of amides is 2. The normalized spacial score (nSPS) is 15.8. The summed E-state index contributed by atoms with van der Waals surface area (Å²) in [5, 5.41) is 2.48. The monoisotopic (exact) mass is 391 g/mol. The Kier molecular flexibility index (Phi) is 4.58. The van der Waals surface area contributed by atoms with Crippen molar-refractivity contribution in [3.8, 4) is 5.69 Å². The Morgan fingerprint density at radius 3 is 2.32 bits per heavy atom. The number of anilines is 1. The van der Waals surface area contributed by atoms with Crippen molar-refractivity contribution >= 4 is 40.9 Å². The van der Waals surface area contributed by atoms with Crippen molar-refractivity contribution in [2.75, 3.05) is 4.90 Å². The molecule has 0 spiro atoms. The fourth-order valence-electron chi connectivity index (χ4n) is 2.97. The number of halogens is 1. The fraction of sp³-hybridized carbons (Fsp3) is 0. The molecule has 1 aromatic heterocycles. The van der Waals surface area contributed by atoms with Gasteiger partial charge in [0, 0.05) is 17.6 Å². The Morgan fingerprint density at radius 1 is 0.893 bits per heavy atom. The molecule has 3 aromatic rings. The first kappa shape index (κ1) is 17.8. The van der Waals surface area contributed by atoms with Crippen molar-refractivity contribution in [2.45, 2.75) is 0 Å². The number of aromatic nitrogens is 1. The zero-order valence-corrected chi connectivity index (χ0v) is 15.3. The summed E-state index contributed by atoms with van der Waals surface area (Å²) >= 11 is 5.15. The summed E-state index contributed by atoms with van der Waals surface area (Å²) in [7, 11) is 0. The predicted molar refractivity (Wildman–Crippen MR) is 108 cm³/mol. The number of carbonyl (C=O) groups excluding carboxylic acids is 2. The van der Waals surface area contributed by atoms with Gasteiger partial charge in [-0.3, -0.25) is 19.8 Å². The molecule has 1 aliphatic rings. The van der Waals surface area contributed by atoms with Crippen LogP contribution >= 0.6 is 12.2 Å². The van der Waals surface area contributed by atoms with Gasteiger partial charge in [0.1, 0.15) is 11.4 Å². The molecule has 1 aliphatic heterocycles. The van der Waals surface area contributed by atoms with Crippen molar-refractivity contribution in [1.29, 1.82) is 0 Å². The van der Waals surface area contributed by atoms with Crippen LogP contribution in [0.15, 0.2) is 78.5 Å². The molecule has 0 radical (unpaired) electrons. The van der Waals surface area contributed by atoms with E-state index in [0.29, 0.717) is 11.4 Å². The lowest BCUT2D eigenvalue weighted by Gasteiger charge is -2.28. The maximum atomic E-state index is 13.2. The highest BCUT2D eigenvalue weighted by atomic mass is 32.1. The molecule has 0 saturated carbocycles. The van der Waals surface area contributed by atoms with Crippen molar-refractivity contribution in [2.24, 2.45) is 0 Å². The summed E-state index contributed by atoms with van der Waals surface area (Å²) in [6.45, 7) is 0. The lowest BCUT2D eigenvalue weighted by molar-refractivity contribution is -0.122. The van der Waals surface area contributed by atoms with Crippen LogP contribution in [0.3, 0.4) is 0 Å². The van der Waals surface area contributed by atoms with E-state index in [2.05, 4.69) is 5.32 Å². The third kappa shape index (κ3) is 3.23. The van der Waals surface area contributed by atoms with E-state index in [-0.39, 0.29) is 10.7 Å². The highest BCUT2D eigenvalue weighted by Crippen LogP contribution is 2.23. The van der Waals surface area contributed by atoms with Gasteiger partial charge in [-0.1, -0.05) is 18.2 Å². The number of nitrogens with one attached hydrogen (secondary N) is 1. The van der Waals surface area contributed by atoms with Crippen molar-refractivity contribution in [1.82, 2.24) is 9.88 Å². The van der Waals surface area contributed by atoms with Crippen molar-refractivity contribution in [3.05, 3.63) is 90.0 Å². The van der Waals surface area contributed by atoms with E-state index in [1.807, 2.05) is 47.2 Å². The van der Waals surface area contributed by atoms with Crippen molar-refractivity contribution < 1.29 is 14.0 Å². The summed E-state index contributed by atoms with van der Waals surface area (Å²) in [5.41, 5.74) is 1.88. The Balaban J connectivity index is 1.74. The fourth-order valence-corrected chi connectivity index (χ4v) is 3.25. The van der Waals surface area contributed by atoms with E-state index >= 15 is 0 Å². The van der Waals surface area contributed by atoms with Gasteiger partial charge in [-0.25, -0.2) is 4.39 Å². The summed E-state index contributed by atoms with van der Waals surface area (Å²) in [5.74, 6) is -1.57. The second-order valence-corrected chi connectivity index (χ2v) is 6.46. The molecule has 0 unspecified atom stereocenters. The van der Waals surface area contributed by atoms with Crippen LogP contribution < -0.4 is 10.2 Å². The largest absolute Gasteiger partial charge is 0.317 e. The van der Waals surface area contributed by atoms with Crippen LogP contribution in [0.25, 0.3) is 11.8 Å². The first-order chi connectivity index (χ1) is 13.5. The van der Waals surface area contributed by atoms with Gasteiger partial charge in [-0.15, -0.1) is 0 Å². The van der Waals surface area contributed by atoms with Gasteiger partial charge in [-0.05, 0) is 66.8 Å². The SMILES string of the molecule is O=C1NC(=S)N(c2ccc(F)cc2)C(=O)/C1=C\c1cccn1-c1ccccc1. The third-order valence-corrected chi connectivity index (χ3v) is 4.58. The van der Waals surface area contributed by atoms with Crippen LogP contribution in [0.1, 0.15) is 5.69 Å². The molecule has 28 heavy (non-hydrogen) atoms. The Labute approximate surface area is 165 Å². The predicted octanol–water partition coefficient (Wildman–Crippen LogP) is 3.45. The van der Waals surface area contributed by atoms with Crippen LogP contribution in [0, 0.1) is 5.82 Å². The summed E-state index contributed by atoms with van der Waals surface area (Å²) in [6, 6.07) is 18.5. The van der Waals surface area contributed by atoms with Crippen LogP contribution in [0.5, 0.6) is 0 Å². The molecule has 5 nitrogen and oxygen atoms in total. The Hall–Kier alpha value is -3.58. The molecular weight excluding hydrogens is 377 g/mol. The Bertz CT molecular complexity index is 1100. The molecule has 7 heteroatoms. The summed E-state index contributed by atoms with van der Waals surface area (Å²) < 4.78 is 15.1. The van der Waals surface area contributed by atoms with Gasteiger partial charge in [0.15, 0.2) is 5.11 Å². The number of hydrogen-bond acceptors (Lipinski definition) is 3. The lowest BCUT2D eigenvalue weighted by atomic mass is 10.1. The molecule has 1 N–H and O–H groups in total. The molecular formula is C21H14FN3O2S. The van der Waals surface area contributed by atoms with Gasteiger partial charge in [0.05, 0.1) is 5.69 Å². The maximum Gasteiger partial charge on any atom is 0.270 e. The molecule has 0 atom stereocenters. The molecule has 4 rings (SSSR count). The number of para-hydroxylation sites is 1. The van der Waals surface area contributed by atoms with Crippen LogP contribution in [-0.2, 0) is 9.59 Å². The van der Waals surface area contributed by atoms with Crippen molar-refractivity contribution in [3.63, 3.8) is 0 Å².